The molecular formula is C12H20N2O2. The molecule has 0 aromatic carbocycles. The van der Waals surface area contributed by atoms with E-state index in [-0.39, 0.29) is 12.0 Å². The van der Waals surface area contributed by atoms with Gasteiger partial charge >= 0.3 is 5.97 Å². The Labute approximate surface area is 96.6 Å². The van der Waals surface area contributed by atoms with Crippen LogP contribution in [0.3, 0.4) is 0 Å². The number of carbonyl (C=O) groups excluding carboxylic acids is 1. The van der Waals surface area contributed by atoms with Gasteiger partial charge in [-0.3, -0.25) is 4.79 Å². The first-order valence-corrected chi connectivity index (χ1v) is 5.86. The third-order valence-electron chi connectivity index (χ3n) is 2.46. The molecule has 0 bridgehead atoms. The van der Waals surface area contributed by atoms with E-state index in [1.54, 1.807) is 6.20 Å². The first-order valence-electron chi connectivity index (χ1n) is 5.86. The van der Waals surface area contributed by atoms with Crippen LogP contribution in [0.1, 0.15) is 45.5 Å². The number of ether oxygens (including phenoxy) is 1. The zero-order chi connectivity index (χ0) is 12.0. The minimum Gasteiger partial charge on any atom is -0.466 e. The predicted molar refractivity (Wildman–Crippen MR) is 62.2 cm³/mol. The van der Waals surface area contributed by atoms with E-state index < -0.39 is 0 Å². The van der Waals surface area contributed by atoms with Crippen molar-refractivity contribution >= 4 is 5.97 Å². The van der Waals surface area contributed by atoms with Crippen LogP contribution in [0, 0.1) is 0 Å². The van der Waals surface area contributed by atoms with Gasteiger partial charge in [0.05, 0.1) is 13.0 Å². The maximum absolute atomic E-state index is 11.4. The van der Waals surface area contributed by atoms with E-state index in [0.29, 0.717) is 13.0 Å². The van der Waals surface area contributed by atoms with Crippen LogP contribution in [0.15, 0.2) is 12.4 Å². The molecule has 0 N–H and O–H groups in total. The maximum atomic E-state index is 11.4. The lowest BCUT2D eigenvalue weighted by atomic mass is 10.2. The van der Waals surface area contributed by atoms with Gasteiger partial charge in [0.1, 0.15) is 5.82 Å². The second kappa shape index (κ2) is 6.30. The highest BCUT2D eigenvalue weighted by Gasteiger charge is 2.13. The number of esters is 1. The Kier molecular flexibility index (Phi) is 5.02. The van der Waals surface area contributed by atoms with Gasteiger partial charge in [-0.2, -0.15) is 0 Å². The van der Waals surface area contributed by atoms with Gasteiger partial charge in [0, 0.05) is 24.9 Å². The number of hydrogen-bond donors (Lipinski definition) is 0. The smallest absolute Gasteiger partial charge is 0.307 e. The van der Waals surface area contributed by atoms with Crippen molar-refractivity contribution in [3.8, 4) is 0 Å². The Morgan fingerprint density at radius 1 is 1.56 bits per heavy atom. The number of aromatic nitrogens is 2. The van der Waals surface area contributed by atoms with Gasteiger partial charge in [-0.05, 0) is 20.3 Å². The van der Waals surface area contributed by atoms with Crippen molar-refractivity contribution in [3.63, 3.8) is 0 Å². The lowest BCUT2D eigenvalue weighted by Crippen LogP contribution is -2.15. The van der Waals surface area contributed by atoms with Gasteiger partial charge in [0.2, 0.25) is 0 Å². The summed E-state index contributed by atoms with van der Waals surface area (Å²) >= 11 is 0. The second-order valence-electron chi connectivity index (χ2n) is 3.86. The molecule has 0 saturated heterocycles. The van der Waals surface area contributed by atoms with Gasteiger partial charge in [-0.25, -0.2) is 4.98 Å². The quantitative estimate of drug-likeness (QED) is 0.697. The van der Waals surface area contributed by atoms with E-state index in [0.717, 1.165) is 18.7 Å². The molecule has 4 nitrogen and oxygen atoms in total. The molecule has 0 fully saturated rings. The molecule has 0 saturated carbocycles. The Bertz CT molecular complexity index is 334. The molecule has 1 heterocycles. The number of rotatable bonds is 6. The van der Waals surface area contributed by atoms with E-state index in [9.17, 15) is 4.79 Å². The van der Waals surface area contributed by atoms with Gasteiger partial charge in [0.15, 0.2) is 0 Å². The van der Waals surface area contributed by atoms with Crippen molar-refractivity contribution in [1.82, 2.24) is 9.55 Å². The third kappa shape index (κ3) is 3.36. The number of hydrogen-bond acceptors (Lipinski definition) is 3. The molecule has 16 heavy (non-hydrogen) atoms. The molecular weight excluding hydrogens is 204 g/mol. The minimum absolute atomic E-state index is 0.114. The zero-order valence-electron chi connectivity index (χ0n) is 10.3. The summed E-state index contributed by atoms with van der Waals surface area (Å²) in [5.74, 6) is 0.894. The SMILES string of the molecule is CCCc1nccn1C(C)CC(=O)OCC. The van der Waals surface area contributed by atoms with Crippen LogP contribution in [0.5, 0.6) is 0 Å². The molecule has 0 aliphatic carbocycles. The average molecular weight is 224 g/mol. The predicted octanol–water partition coefficient (Wildman–Crippen LogP) is 2.35. The normalized spacial score (nSPS) is 12.4. The maximum Gasteiger partial charge on any atom is 0.307 e. The first kappa shape index (κ1) is 12.7. The molecule has 1 aromatic rings. The van der Waals surface area contributed by atoms with E-state index in [2.05, 4.69) is 16.5 Å². The van der Waals surface area contributed by atoms with Crippen molar-refractivity contribution in [2.45, 2.75) is 46.1 Å². The lowest BCUT2D eigenvalue weighted by molar-refractivity contribution is -0.143. The average Bonchev–Trinajstić information content (AvgIpc) is 2.66. The zero-order valence-corrected chi connectivity index (χ0v) is 10.3. The van der Waals surface area contributed by atoms with Gasteiger partial charge < -0.3 is 9.30 Å². The molecule has 0 aliphatic heterocycles. The summed E-state index contributed by atoms with van der Waals surface area (Å²) in [5.41, 5.74) is 0. The number of carbonyl (C=O) groups is 1. The Morgan fingerprint density at radius 2 is 2.31 bits per heavy atom. The summed E-state index contributed by atoms with van der Waals surface area (Å²) in [4.78, 5) is 15.7. The fraction of sp³-hybridized carbons (Fsp3) is 0.667. The number of aryl methyl sites for hydroxylation is 1. The Hall–Kier alpha value is -1.32. The molecule has 0 amide bonds. The molecule has 1 unspecified atom stereocenters. The molecule has 0 spiro atoms. The van der Waals surface area contributed by atoms with Crippen LogP contribution in [-0.2, 0) is 16.0 Å². The summed E-state index contributed by atoms with van der Waals surface area (Å²) in [6, 6.07) is 0.114. The second-order valence-corrected chi connectivity index (χ2v) is 3.86. The summed E-state index contributed by atoms with van der Waals surface area (Å²) in [6.45, 7) is 6.40. The van der Waals surface area contributed by atoms with Crippen molar-refractivity contribution in [1.29, 1.82) is 0 Å². The fourth-order valence-corrected chi connectivity index (χ4v) is 1.72. The highest BCUT2D eigenvalue weighted by Crippen LogP contribution is 2.15. The summed E-state index contributed by atoms with van der Waals surface area (Å²) in [6.07, 6.45) is 6.12. The first-order chi connectivity index (χ1) is 7.69. The highest BCUT2D eigenvalue weighted by molar-refractivity contribution is 5.69. The van der Waals surface area contributed by atoms with Gasteiger partial charge in [-0.15, -0.1) is 0 Å². The summed E-state index contributed by atoms with van der Waals surface area (Å²) < 4.78 is 6.99. The number of nitrogens with zero attached hydrogens (tertiary/aromatic N) is 2. The van der Waals surface area contributed by atoms with Crippen LogP contribution >= 0.6 is 0 Å². The van der Waals surface area contributed by atoms with Crippen molar-refractivity contribution in [2.24, 2.45) is 0 Å². The van der Waals surface area contributed by atoms with Crippen LogP contribution in [-0.4, -0.2) is 22.1 Å². The van der Waals surface area contributed by atoms with E-state index >= 15 is 0 Å². The summed E-state index contributed by atoms with van der Waals surface area (Å²) in [7, 11) is 0. The monoisotopic (exact) mass is 224 g/mol. The van der Waals surface area contributed by atoms with Crippen molar-refractivity contribution in [2.75, 3.05) is 6.61 Å². The minimum atomic E-state index is -0.147. The largest absolute Gasteiger partial charge is 0.466 e. The van der Waals surface area contributed by atoms with Crippen LogP contribution < -0.4 is 0 Å². The molecule has 90 valence electrons. The molecule has 1 rings (SSSR count). The van der Waals surface area contributed by atoms with Crippen LogP contribution in [0.2, 0.25) is 0 Å². The van der Waals surface area contributed by atoms with Crippen molar-refractivity contribution in [3.05, 3.63) is 18.2 Å². The molecule has 1 aromatic heterocycles. The van der Waals surface area contributed by atoms with Gasteiger partial charge in [0.25, 0.3) is 0 Å². The van der Waals surface area contributed by atoms with Crippen molar-refractivity contribution < 1.29 is 9.53 Å². The van der Waals surface area contributed by atoms with E-state index in [1.165, 1.54) is 0 Å². The Morgan fingerprint density at radius 3 is 2.94 bits per heavy atom. The molecule has 0 radical (unpaired) electrons. The molecule has 0 aliphatic rings. The van der Waals surface area contributed by atoms with E-state index in [4.69, 9.17) is 4.74 Å². The number of imidazole rings is 1. The van der Waals surface area contributed by atoms with Crippen LogP contribution in [0.25, 0.3) is 0 Å². The third-order valence-corrected chi connectivity index (χ3v) is 2.46. The fourth-order valence-electron chi connectivity index (χ4n) is 1.72. The van der Waals surface area contributed by atoms with Gasteiger partial charge in [-0.1, -0.05) is 6.92 Å². The molecule has 4 heteroatoms. The molecule has 1 atom stereocenters. The van der Waals surface area contributed by atoms with Crippen LogP contribution in [0.4, 0.5) is 0 Å². The lowest BCUT2D eigenvalue weighted by Gasteiger charge is -2.15. The Balaban J connectivity index is 2.61. The summed E-state index contributed by atoms with van der Waals surface area (Å²) in [5, 5.41) is 0. The highest BCUT2D eigenvalue weighted by atomic mass is 16.5. The topological polar surface area (TPSA) is 44.1 Å². The van der Waals surface area contributed by atoms with E-state index in [1.807, 2.05) is 20.0 Å². The standard InChI is InChI=1S/C12H20N2O2/c1-4-6-11-13-7-8-14(11)10(3)9-12(15)16-5-2/h7-8,10H,4-6,9H2,1-3H3.